The molecule has 0 unspecified atom stereocenters. The van der Waals surface area contributed by atoms with Crippen molar-refractivity contribution in [1.82, 2.24) is 24.7 Å². The van der Waals surface area contributed by atoms with Gasteiger partial charge in [0.05, 0.1) is 15.4 Å². The van der Waals surface area contributed by atoms with E-state index in [-0.39, 0.29) is 0 Å². The second kappa shape index (κ2) is 6.41. The van der Waals surface area contributed by atoms with Gasteiger partial charge in [-0.05, 0) is 31.2 Å². The fraction of sp³-hybridized carbons (Fsp3) is 0.0476. The Kier molecular flexibility index (Phi) is 3.76. The Labute approximate surface area is 160 Å². The SMILES string of the molecule is Cc1nccn1-c1nnc(-c2ccc(-c3ccccn3)s2)c2ccccc12. The third kappa shape index (κ3) is 2.71. The Hall–Kier alpha value is -3.38. The number of thiophene rings is 1. The Balaban J connectivity index is 1.68. The van der Waals surface area contributed by atoms with E-state index in [1.54, 1.807) is 17.5 Å². The summed E-state index contributed by atoms with van der Waals surface area (Å²) in [6.45, 7) is 1.96. The molecule has 27 heavy (non-hydrogen) atoms. The molecule has 130 valence electrons. The van der Waals surface area contributed by atoms with Gasteiger partial charge in [-0.25, -0.2) is 4.98 Å². The van der Waals surface area contributed by atoms with Gasteiger partial charge in [-0.15, -0.1) is 21.5 Å². The molecule has 1 aromatic carbocycles. The summed E-state index contributed by atoms with van der Waals surface area (Å²) in [5.74, 6) is 1.68. The number of hydrogen-bond donors (Lipinski definition) is 0. The van der Waals surface area contributed by atoms with Gasteiger partial charge in [-0.2, -0.15) is 0 Å². The summed E-state index contributed by atoms with van der Waals surface area (Å²) >= 11 is 1.68. The average molecular weight is 369 g/mol. The number of aromatic nitrogens is 5. The summed E-state index contributed by atoms with van der Waals surface area (Å²) < 4.78 is 1.97. The molecule has 0 amide bonds. The number of aryl methyl sites for hydroxylation is 1. The summed E-state index contributed by atoms with van der Waals surface area (Å²) in [6.07, 6.45) is 5.50. The molecule has 0 aliphatic carbocycles. The maximum atomic E-state index is 4.57. The first-order chi connectivity index (χ1) is 13.3. The molecule has 0 saturated carbocycles. The molecule has 5 aromatic rings. The molecule has 0 aliphatic heterocycles. The Morgan fingerprint density at radius 3 is 2.37 bits per heavy atom. The molecule has 4 heterocycles. The number of pyridine rings is 1. The minimum Gasteiger partial charge on any atom is -0.286 e. The zero-order chi connectivity index (χ0) is 18.2. The number of benzene rings is 1. The standard InChI is InChI=1S/C21H15N5S/c1-14-22-12-13-26(14)21-16-7-3-2-6-15(16)20(24-25-21)19-10-9-18(27-19)17-8-4-5-11-23-17/h2-13H,1H3. The van der Waals surface area contributed by atoms with Crippen molar-refractivity contribution >= 4 is 22.1 Å². The van der Waals surface area contributed by atoms with Crippen molar-refractivity contribution in [2.24, 2.45) is 0 Å². The van der Waals surface area contributed by atoms with Crippen molar-refractivity contribution in [2.45, 2.75) is 6.92 Å². The number of fused-ring (bicyclic) bond motifs is 1. The van der Waals surface area contributed by atoms with Crippen LogP contribution in [0.5, 0.6) is 0 Å². The zero-order valence-corrected chi connectivity index (χ0v) is 15.4. The maximum Gasteiger partial charge on any atom is 0.168 e. The van der Waals surface area contributed by atoms with E-state index in [2.05, 4.69) is 44.4 Å². The second-order valence-corrected chi connectivity index (χ2v) is 7.22. The van der Waals surface area contributed by atoms with E-state index < -0.39 is 0 Å². The molecule has 0 radical (unpaired) electrons. The second-order valence-electron chi connectivity index (χ2n) is 6.14. The van der Waals surface area contributed by atoms with E-state index in [4.69, 9.17) is 0 Å². The number of nitrogens with zero attached hydrogens (tertiary/aromatic N) is 5. The van der Waals surface area contributed by atoms with Crippen molar-refractivity contribution in [3.63, 3.8) is 0 Å². The number of rotatable bonds is 3. The molecule has 6 heteroatoms. The fourth-order valence-electron chi connectivity index (χ4n) is 3.16. The topological polar surface area (TPSA) is 56.5 Å². The molecule has 5 nitrogen and oxygen atoms in total. The van der Waals surface area contributed by atoms with E-state index in [0.717, 1.165) is 43.6 Å². The predicted molar refractivity (Wildman–Crippen MR) is 108 cm³/mol. The molecule has 4 aromatic heterocycles. The first-order valence-corrected chi connectivity index (χ1v) is 9.40. The normalized spacial score (nSPS) is 11.1. The van der Waals surface area contributed by atoms with Gasteiger partial charge in [0.25, 0.3) is 0 Å². The molecule has 0 atom stereocenters. The van der Waals surface area contributed by atoms with E-state index in [1.807, 2.05) is 54.2 Å². The van der Waals surface area contributed by atoms with Crippen molar-refractivity contribution < 1.29 is 0 Å². The van der Waals surface area contributed by atoms with Crippen LogP contribution in [-0.4, -0.2) is 24.7 Å². The lowest BCUT2D eigenvalue weighted by molar-refractivity contribution is 0.897. The monoisotopic (exact) mass is 369 g/mol. The van der Waals surface area contributed by atoms with E-state index >= 15 is 0 Å². The summed E-state index contributed by atoms with van der Waals surface area (Å²) in [5.41, 5.74) is 1.86. The van der Waals surface area contributed by atoms with Gasteiger partial charge in [0.15, 0.2) is 5.82 Å². The first kappa shape index (κ1) is 15.8. The average Bonchev–Trinajstić information content (AvgIpc) is 3.37. The van der Waals surface area contributed by atoms with Gasteiger partial charge in [0.2, 0.25) is 0 Å². The molecule has 0 N–H and O–H groups in total. The molecule has 0 spiro atoms. The zero-order valence-electron chi connectivity index (χ0n) is 14.6. The van der Waals surface area contributed by atoms with Crippen molar-refractivity contribution in [3.8, 4) is 27.0 Å². The molecule has 0 fully saturated rings. The van der Waals surface area contributed by atoms with Gasteiger partial charge >= 0.3 is 0 Å². The Morgan fingerprint density at radius 2 is 1.59 bits per heavy atom. The van der Waals surface area contributed by atoms with Crippen LogP contribution in [0.3, 0.4) is 0 Å². The third-order valence-corrected chi connectivity index (χ3v) is 5.59. The van der Waals surface area contributed by atoms with Crippen molar-refractivity contribution in [2.75, 3.05) is 0 Å². The van der Waals surface area contributed by atoms with Crippen molar-refractivity contribution in [3.05, 3.63) is 79.0 Å². The van der Waals surface area contributed by atoms with Gasteiger partial charge in [-0.1, -0.05) is 30.3 Å². The van der Waals surface area contributed by atoms with Crippen LogP contribution in [0.25, 0.3) is 37.7 Å². The van der Waals surface area contributed by atoms with Crippen LogP contribution in [0.2, 0.25) is 0 Å². The molecule has 0 aliphatic rings. The first-order valence-electron chi connectivity index (χ1n) is 8.58. The van der Waals surface area contributed by atoms with E-state index in [1.165, 1.54) is 0 Å². The largest absolute Gasteiger partial charge is 0.286 e. The summed E-state index contributed by atoms with van der Waals surface area (Å²) in [7, 11) is 0. The number of hydrogen-bond acceptors (Lipinski definition) is 5. The molecule has 0 bridgehead atoms. The summed E-state index contributed by atoms with van der Waals surface area (Å²) in [6, 6.07) is 18.4. The van der Waals surface area contributed by atoms with Gasteiger partial charge < -0.3 is 0 Å². The summed E-state index contributed by atoms with van der Waals surface area (Å²) in [4.78, 5) is 10.9. The minimum atomic E-state index is 0.797. The highest BCUT2D eigenvalue weighted by Crippen LogP contribution is 2.36. The highest BCUT2D eigenvalue weighted by atomic mass is 32.1. The lowest BCUT2D eigenvalue weighted by Crippen LogP contribution is -2.02. The van der Waals surface area contributed by atoms with Crippen LogP contribution >= 0.6 is 11.3 Å². The quantitative estimate of drug-likeness (QED) is 0.453. The smallest absolute Gasteiger partial charge is 0.168 e. The molecule has 5 rings (SSSR count). The van der Waals surface area contributed by atoms with E-state index in [9.17, 15) is 0 Å². The van der Waals surface area contributed by atoms with Crippen LogP contribution in [0, 0.1) is 6.92 Å². The van der Waals surface area contributed by atoms with Gasteiger partial charge in [-0.3, -0.25) is 9.55 Å². The lowest BCUT2D eigenvalue weighted by Gasteiger charge is -2.10. The van der Waals surface area contributed by atoms with Crippen LogP contribution in [0.4, 0.5) is 0 Å². The van der Waals surface area contributed by atoms with Crippen molar-refractivity contribution in [1.29, 1.82) is 0 Å². The Bertz CT molecular complexity index is 1240. The minimum absolute atomic E-state index is 0.797. The predicted octanol–water partition coefficient (Wildman–Crippen LogP) is 4.91. The fourth-order valence-corrected chi connectivity index (χ4v) is 4.14. The maximum absolute atomic E-state index is 4.57. The molecular formula is C21H15N5S. The highest BCUT2D eigenvalue weighted by Gasteiger charge is 2.15. The van der Waals surface area contributed by atoms with Gasteiger partial charge in [0.1, 0.15) is 11.5 Å². The molecule has 0 saturated heterocycles. The van der Waals surface area contributed by atoms with Crippen LogP contribution in [0.1, 0.15) is 5.82 Å². The number of imidazole rings is 1. The highest BCUT2D eigenvalue weighted by molar-refractivity contribution is 7.18. The lowest BCUT2D eigenvalue weighted by atomic mass is 10.1. The van der Waals surface area contributed by atoms with Gasteiger partial charge in [0, 0.05) is 29.4 Å². The van der Waals surface area contributed by atoms with E-state index in [0.29, 0.717) is 0 Å². The third-order valence-electron chi connectivity index (χ3n) is 4.48. The van der Waals surface area contributed by atoms with Crippen LogP contribution in [0.15, 0.2) is 73.2 Å². The van der Waals surface area contributed by atoms with Crippen LogP contribution < -0.4 is 0 Å². The summed E-state index contributed by atoms with van der Waals surface area (Å²) in [5, 5.41) is 11.2. The Morgan fingerprint density at radius 1 is 0.778 bits per heavy atom. The van der Waals surface area contributed by atoms with Crippen LogP contribution in [-0.2, 0) is 0 Å². The molecular weight excluding hydrogens is 354 g/mol.